The topological polar surface area (TPSA) is 6.48 Å². The highest BCUT2D eigenvalue weighted by Crippen LogP contribution is 2.20. The SMILES string of the molecule is CC1=C(\F)C#C/C=C(C2C#CCC/C=C(CN3CCN(C)CC3)\C=C/2)/C=C\1. The van der Waals surface area contributed by atoms with E-state index in [0.717, 1.165) is 51.1 Å². The molecule has 1 aliphatic heterocycles. The maximum atomic E-state index is 13.6. The zero-order valence-electron chi connectivity index (χ0n) is 16.3. The molecule has 2 nitrogen and oxygen atoms in total. The van der Waals surface area contributed by atoms with Crippen LogP contribution in [0.1, 0.15) is 19.8 Å². The molecule has 3 rings (SSSR count). The van der Waals surface area contributed by atoms with Gasteiger partial charge in [-0.1, -0.05) is 42.2 Å². The first kappa shape index (κ1) is 19.4. The summed E-state index contributed by atoms with van der Waals surface area (Å²) in [5.41, 5.74) is 2.92. The first-order valence-corrected chi connectivity index (χ1v) is 9.64. The normalized spacial score (nSPS) is 33.1. The van der Waals surface area contributed by atoms with Crippen LogP contribution in [0.25, 0.3) is 0 Å². The number of rotatable bonds is 3. The van der Waals surface area contributed by atoms with Gasteiger partial charge in [0.15, 0.2) is 5.83 Å². The van der Waals surface area contributed by atoms with Crippen molar-refractivity contribution in [3.05, 3.63) is 59.0 Å². The standard InChI is InChI=1S/C24H27FN2/c1-20-11-13-23(9-6-10-24(20)25)22-8-5-3-4-7-21(12-14-22)19-27-17-15-26(2)16-18-27/h7,9,11-14,22H,3-4,15-19H2,1-2H3/b13-11-,14-12-,20-11?,21-7+,23-9-,23-13?,24-20+. The summed E-state index contributed by atoms with van der Waals surface area (Å²) < 4.78 is 13.6. The van der Waals surface area contributed by atoms with E-state index in [1.54, 1.807) is 19.1 Å². The molecule has 0 aromatic carbocycles. The highest BCUT2D eigenvalue weighted by atomic mass is 19.1. The Hall–Kier alpha value is -2.33. The largest absolute Gasteiger partial charge is 0.304 e. The van der Waals surface area contributed by atoms with Crippen LogP contribution in [0.3, 0.4) is 0 Å². The molecule has 27 heavy (non-hydrogen) atoms. The molecule has 0 bridgehead atoms. The number of hydrogen-bond acceptors (Lipinski definition) is 2. The van der Waals surface area contributed by atoms with Gasteiger partial charge in [-0.05, 0) is 49.1 Å². The zero-order chi connectivity index (χ0) is 19.1. The number of nitrogens with zero attached hydrogens (tertiary/aromatic N) is 2. The average molecular weight is 362 g/mol. The predicted octanol–water partition coefficient (Wildman–Crippen LogP) is 3.87. The number of allylic oxidation sites excluding steroid dienone is 8. The number of likely N-dealkylation sites (N-methyl/N-ethyl adjacent to an activating group) is 1. The van der Waals surface area contributed by atoms with Crippen LogP contribution in [0, 0.1) is 29.6 Å². The molecular formula is C24H27FN2. The van der Waals surface area contributed by atoms with Gasteiger partial charge in [-0.2, -0.15) is 4.39 Å². The fourth-order valence-electron chi connectivity index (χ4n) is 3.24. The number of hydrogen-bond donors (Lipinski definition) is 0. The lowest BCUT2D eigenvalue weighted by Crippen LogP contribution is -2.44. The molecule has 0 saturated carbocycles. The summed E-state index contributed by atoms with van der Waals surface area (Å²) in [5, 5.41) is 0. The van der Waals surface area contributed by atoms with Gasteiger partial charge in [0.05, 0.1) is 5.92 Å². The maximum absolute atomic E-state index is 13.6. The van der Waals surface area contributed by atoms with Crippen LogP contribution in [0.4, 0.5) is 4.39 Å². The molecule has 1 fully saturated rings. The highest BCUT2D eigenvalue weighted by molar-refractivity contribution is 5.47. The second-order valence-corrected chi connectivity index (χ2v) is 7.30. The molecule has 3 aliphatic rings. The third kappa shape index (κ3) is 5.83. The molecule has 0 aromatic rings. The first-order valence-electron chi connectivity index (χ1n) is 9.64. The Kier molecular flexibility index (Phi) is 6.88. The van der Waals surface area contributed by atoms with Crippen LogP contribution < -0.4 is 0 Å². The first-order chi connectivity index (χ1) is 13.1. The number of halogens is 1. The van der Waals surface area contributed by atoms with E-state index in [-0.39, 0.29) is 11.7 Å². The molecule has 1 atom stereocenters. The summed E-state index contributed by atoms with van der Waals surface area (Å²) in [6, 6.07) is 0. The molecule has 3 heteroatoms. The van der Waals surface area contributed by atoms with E-state index in [2.05, 4.69) is 58.8 Å². The van der Waals surface area contributed by atoms with Gasteiger partial charge >= 0.3 is 0 Å². The molecule has 0 aromatic heterocycles. The van der Waals surface area contributed by atoms with Gasteiger partial charge in [0.1, 0.15) is 0 Å². The quantitative estimate of drug-likeness (QED) is 0.703. The van der Waals surface area contributed by atoms with Crippen LogP contribution in [0.15, 0.2) is 59.0 Å². The minimum absolute atomic E-state index is 0.0153. The zero-order valence-corrected chi connectivity index (χ0v) is 16.3. The minimum Gasteiger partial charge on any atom is -0.304 e. The lowest BCUT2D eigenvalue weighted by atomic mass is 9.96. The predicted molar refractivity (Wildman–Crippen MR) is 110 cm³/mol. The van der Waals surface area contributed by atoms with E-state index in [1.165, 1.54) is 5.57 Å². The number of piperazine rings is 1. The molecule has 1 saturated heterocycles. The summed E-state index contributed by atoms with van der Waals surface area (Å²) in [6.07, 6.45) is 14.0. The van der Waals surface area contributed by atoms with Gasteiger partial charge in [0.25, 0.3) is 0 Å². The maximum Gasteiger partial charge on any atom is 0.176 e. The summed E-state index contributed by atoms with van der Waals surface area (Å²) in [5.74, 6) is 11.6. The Morgan fingerprint density at radius 2 is 1.96 bits per heavy atom. The molecule has 1 unspecified atom stereocenters. The second-order valence-electron chi connectivity index (χ2n) is 7.30. The molecule has 140 valence electrons. The Labute approximate surface area is 162 Å². The minimum atomic E-state index is -0.366. The van der Waals surface area contributed by atoms with Gasteiger partial charge in [-0.15, -0.1) is 5.92 Å². The van der Waals surface area contributed by atoms with E-state index in [1.807, 2.05) is 6.08 Å². The Bertz CT molecular complexity index is 825. The van der Waals surface area contributed by atoms with Crippen molar-refractivity contribution in [2.45, 2.75) is 19.8 Å². The molecule has 0 radical (unpaired) electrons. The molecule has 0 N–H and O–H groups in total. The smallest absolute Gasteiger partial charge is 0.176 e. The van der Waals surface area contributed by atoms with Crippen molar-refractivity contribution < 1.29 is 4.39 Å². The fraction of sp³-hybridized carbons (Fsp3) is 0.417. The second kappa shape index (κ2) is 9.56. The molecular weight excluding hydrogens is 335 g/mol. The monoisotopic (exact) mass is 362 g/mol. The van der Waals surface area contributed by atoms with Crippen molar-refractivity contribution in [2.75, 3.05) is 39.8 Å². The van der Waals surface area contributed by atoms with Gasteiger partial charge in [-0.25, -0.2) is 0 Å². The van der Waals surface area contributed by atoms with Gasteiger partial charge in [-0.3, -0.25) is 4.90 Å². The lowest BCUT2D eigenvalue weighted by molar-refractivity contribution is 0.164. The summed E-state index contributed by atoms with van der Waals surface area (Å²) >= 11 is 0. The van der Waals surface area contributed by atoms with Crippen molar-refractivity contribution in [1.82, 2.24) is 9.80 Å². The fourth-order valence-corrected chi connectivity index (χ4v) is 3.24. The Morgan fingerprint density at radius 3 is 2.78 bits per heavy atom. The van der Waals surface area contributed by atoms with E-state index in [9.17, 15) is 4.39 Å². The third-order valence-corrected chi connectivity index (χ3v) is 5.09. The van der Waals surface area contributed by atoms with E-state index < -0.39 is 0 Å². The molecule has 0 spiro atoms. The Morgan fingerprint density at radius 1 is 1.15 bits per heavy atom. The van der Waals surface area contributed by atoms with Gasteiger partial charge in [0.2, 0.25) is 0 Å². The van der Waals surface area contributed by atoms with Crippen LogP contribution in [-0.2, 0) is 0 Å². The van der Waals surface area contributed by atoms with E-state index in [4.69, 9.17) is 0 Å². The Balaban J connectivity index is 1.73. The van der Waals surface area contributed by atoms with Gasteiger partial charge < -0.3 is 4.90 Å². The summed E-state index contributed by atoms with van der Waals surface area (Å²) in [6.45, 7) is 7.21. The van der Waals surface area contributed by atoms with Crippen LogP contribution in [0.5, 0.6) is 0 Å². The summed E-state index contributed by atoms with van der Waals surface area (Å²) in [7, 11) is 2.18. The van der Waals surface area contributed by atoms with Crippen LogP contribution in [0.2, 0.25) is 0 Å². The van der Waals surface area contributed by atoms with Crippen molar-refractivity contribution in [3.63, 3.8) is 0 Å². The average Bonchev–Trinajstić information content (AvgIpc) is 2.77. The highest BCUT2D eigenvalue weighted by Gasteiger charge is 2.15. The van der Waals surface area contributed by atoms with Crippen molar-refractivity contribution in [3.8, 4) is 23.7 Å². The van der Waals surface area contributed by atoms with Crippen molar-refractivity contribution >= 4 is 0 Å². The summed E-state index contributed by atoms with van der Waals surface area (Å²) in [4.78, 5) is 4.89. The van der Waals surface area contributed by atoms with Crippen molar-refractivity contribution in [2.24, 2.45) is 5.92 Å². The molecule has 0 amide bonds. The molecule has 2 aliphatic carbocycles. The van der Waals surface area contributed by atoms with E-state index >= 15 is 0 Å². The third-order valence-electron chi connectivity index (χ3n) is 5.09. The van der Waals surface area contributed by atoms with Crippen molar-refractivity contribution in [1.29, 1.82) is 0 Å². The van der Waals surface area contributed by atoms with Gasteiger partial charge in [0, 0.05) is 39.1 Å². The lowest BCUT2D eigenvalue weighted by Gasteiger charge is -2.32. The van der Waals surface area contributed by atoms with Crippen LogP contribution >= 0.6 is 0 Å². The van der Waals surface area contributed by atoms with E-state index in [0.29, 0.717) is 5.57 Å². The van der Waals surface area contributed by atoms with Crippen LogP contribution in [-0.4, -0.2) is 49.6 Å². The molecule has 1 heterocycles.